The van der Waals surface area contributed by atoms with Gasteiger partial charge in [-0.05, 0) is 52.9 Å². The van der Waals surface area contributed by atoms with Crippen molar-refractivity contribution in [2.75, 3.05) is 32.7 Å². The van der Waals surface area contributed by atoms with Gasteiger partial charge in [0.2, 0.25) is 0 Å². The van der Waals surface area contributed by atoms with Gasteiger partial charge in [-0.15, -0.1) is 24.8 Å². The van der Waals surface area contributed by atoms with E-state index >= 15 is 0 Å². The first-order valence-electron chi connectivity index (χ1n) is 11.4. The first kappa shape index (κ1) is 26.4. The van der Waals surface area contributed by atoms with Gasteiger partial charge < -0.3 is 0 Å². The molecule has 0 bridgehead atoms. The molecule has 1 heterocycles. The summed E-state index contributed by atoms with van der Waals surface area (Å²) in [6.07, 6.45) is 5.32. The number of benzene rings is 3. The first-order chi connectivity index (χ1) is 15.7. The molecule has 0 N–H and O–H groups in total. The van der Waals surface area contributed by atoms with Crippen LogP contribution in [-0.2, 0) is 0 Å². The first-order valence-corrected chi connectivity index (χ1v) is 11.4. The van der Waals surface area contributed by atoms with E-state index < -0.39 is 0 Å². The van der Waals surface area contributed by atoms with Gasteiger partial charge in [-0.1, -0.05) is 60.7 Å². The third kappa shape index (κ3) is 5.87. The predicted octanol–water partition coefficient (Wildman–Crippen LogP) is 6.72. The zero-order valence-electron chi connectivity index (χ0n) is 18.9. The highest BCUT2D eigenvalue weighted by atomic mass is 35.5. The van der Waals surface area contributed by atoms with E-state index in [0.717, 1.165) is 50.3 Å². The molecule has 1 fully saturated rings. The molecule has 34 heavy (non-hydrogen) atoms. The van der Waals surface area contributed by atoms with Crippen molar-refractivity contribution in [2.45, 2.75) is 18.4 Å². The van der Waals surface area contributed by atoms with E-state index in [-0.39, 0.29) is 48.4 Å². The van der Waals surface area contributed by atoms with Gasteiger partial charge in [0, 0.05) is 44.7 Å². The van der Waals surface area contributed by atoms with Crippen LogP contribution in [-0.4, -0.2) is 42.5 Å². The van der Waals surface area contributed by atoms with Crippen molar-refractivity contribution in [3.05, 3.63) is 113 Å². The lowest BCUT2D eigenvalue weighted by Crippen LogP contribution is -2.47. The maximum absolute atomic E-state index is 14.1. The quantitative estimate of drug-likeness (QED) is 0.382. The zero-order chi connectivity index (χ0) is 21.9. The van der Waals surface area contributed by atoms with Crippen LogP contribution in [0.2, 0.25) is 0 Å². The second-order valence-corrected chi connectivity index (χ2v) is 8.78. The van der Waals surface area contributed by atoms with E-state index in [0.29, 0.717) is 0 Å². The highest BCUT2D eigenvalue weighted by Crippen LogP contribution is 2.47. The van der Waals surface area contributed by atoms with Crippen LogP contribution < -0.4 is 0 Å². The van der Waals surface area contributed by atoms with E-state index in [2.05, 4.69) is 46.2 Å². The summed E-state index contributed by atoms with van der Waals surface area (Å²) in [4.78, 5) is 4.97. The van der Waals surface area contributed by atoms with Gasteiger partial charge in [-0.2, -0.15) is 0 Å². The molecule has 1 aliphatic heterocycles. The molecule has 0 radical (unpaired) electrons. The van der Waals surface area contributed by atoms with Crippen molar-refractivity contribution in [1.29, 1.82) is 0 Å². The molecule has 2 atom stereocenters. The Balaban J connectivity index is 0.00000162. The van der Waals surface area contributed by atoms with Gasteiger partial charge in [0.1, 0.15) is 11.6 Å². The van der Waals surface area contributed by atoms with Crippen molar-refractivity contribution < 1.29 is 8.78 Å². The van der Waals surface area contributed by atoms with Crippen LogP contribution in [0.1, 0.15) is 40.6 Å². The number of halogens is 4. The Morgan fingerprint density at radius 2 is 1.44 bits per heavy atom. The minimum atomic E-state index is -0.222. The number of rotatable bonds is 5. The number of piperazine rings is 1. The summed E-state index contributed by atoms with van der Waals surface area (Å²) in [5, 5.41) is 0. The number of fused-ring (bicyclic) bond motifs is 1. The van der Waals surface area contributed by atoms with Crippen molar-refractivity contribution in [1.82, 2.24) is 9.80 Å². The summed E-state index contributed by atoms with van der Waals surface area (Å²) in [5.74, 6) is -0.221. The molecule has 2 nitrogen and oxygen atoms in total. The van der Waals surface area contributed by atoms with E-state index in [1.54, 1.807) is 12.1 Å². The van der Waals surface area contributed by atoms with Crippen LogP contribution >= 0.6 is 24.8 Å². The van der Waals surface area contributed by atoms with Crippen molar-refractivity contribution >= 4 is 30.9 Å². The lowest BCUT2D eigenvalue weighted by atomic mass is 9.93. The van der Waals surface area contributed by atoms with Crippen molar-refractivity contribution in [2.24, 2.45) is 0 Å². The van der Waals surface area contributed by atoms with Crippen LogP contribution in [0, 0.1) is 11.6 Å². The minimum absolute atomic E-state index is 0. The summed E-state index contributed by atoms with van der Waals surface area (Å²) in [6, 6.07) is 22.5. The van der Waals surface area contributed by atoms with Crippen LogP contribution in [0.4, 0.5) is 8.78 Å². The molecule has 3 aromatic carbocycles. The SMILES string of the molecule is Cl.Cl.Fc1ccc(C2CC(N3CCN(C/C=C/c4ccccc4)CC3)c3cc(F)ccc32)cc1. The fourth-order valence-electron chi connectivity index (χ4n) is 5.14. The lowest BCUT2D eigenvalue weighted by molar-refractivity contribution is 0.102. The van der Waals surface area contributed by atoms with Gasteiger partial charge >= 0.3 is 0 Å². The molecule has 180 valence electrons. The smallest absolute Gasteiger partial charge is 0.123 e. The van der Waals surface area contributed by atoms with Gasteiger partial charge in [-0.3, -0.25) is 9.80 Å². The largest absolute Gasteiger partial charge is 0.297 e. The second-order valence-electron chi connectivity index (χ2n) is 8.78. The number of hydrogen-bond acceptors (Lipinski definition) is 2. The molecule has 1 saturated heterocycles. The van der Waals surface area contributed by atoms with Crippen LogP contribution in [0.3, 0.4) is 0 Å². The summed E-state index contributed by atoms with van der Waals surface area (Å²) in [7, 11) is 0. The molecule has 0 amide bonds. The summed E-state index contributed by atoms with van der Waals surface area (Å²) >= 11 is 0. The highest BCUT2D eigenvalue weighted by Gasteiger charge is 2.36. The summed E-state index contributed by atoms with van der Waals surface area (Å²) < 4.78 is 27.6. The topological polar surface area (TPSA) is 6.48 Å². The van der Waals surface area contributed by atoms with E-state index in [1.165, 1.54) is 23.3 Å². The predicted molar refractivity (Wildman–Crippen MR) is 140 cm³/mol. The van der Waals surface area contributed by atoms with Crippen molar-refractivity contribution in [3.8, 4) is 0 Å². The third-order valence-corrected chi connectivity index (χ3v) is 6.84. The average molecular weight is 503 g/mol. The molecule has 0 aromatic heterocycles. The maximum atomic E-state index is 14.1. The highest BCUT2D eigenvalue weighted by molar-refractivity contribution is 5.85. The molecule has 5 rings (SSSR count). The van der Waals surface area contributed by atoms with Crippen LogP contribution in [0.15, 0.2) is 78.9 Å². The zero-order valence-corrected chi connectivity index (χ0v) is 20.6. The molecule has 2 unspecified atom stereocenters. The molecular formula is C28H30Cl2F2N2. The molecule has 6 heteroatoms. The van der Waals surface area contributed by atoms with Crippen LogP contribution in [0.5, 0.6) is 0 Å². The molecule has 2 aliphatic rings. The monoisotopic (exact) mass is 502 g/mol. The van der Waals surface area contributed by atoms with Gasteiger partial charge in [0.15, 0.2) is 0 Å². The average Bonchev–Trinajstić information content (AvgIpc) is 3.19. The summed E-state index contributed by atoms with van der Waals surface area (Å²) in [5.41, 5.74) is 4.60. The van der Waals surface area contributed by atoms with Gasteiger partial charge in [-0.25, -0.2) is 8.78 Å². The fraction of sp³-hybridized carbons (Fsp3) is 0.286. The van der Waals surface area contributed by atoms with E-state index in [9.17, 15) is 8.78 Å². The number of nitrogens with zero attached hydrogens (tertiary/aromatic N) is 2. The second kappa shape index (κ2) is 11.9. The van der Waals surface area contributed by atoms with Crippen LogP contribution in [0.25, 0.3) is 6.08 Å². The maximum Gasteiger partial charge on any atom is 0.123 e. The Morgan fingerprint density at radius 1 is 0.765 bits per heavy atom. The Hall–Kier alpha value is -2.24. The summed E-state index contributed by atoms with van der Waals surface area (Å²) in [6.45, 7) is 4.88. The Morgan fingerprint density at radius 3 is 2.15 bits per heavy atom. The fourth-order valence-corrected chi connectivity index (χ4v) is 5.14. The van der Waals surface area contributed by atoms with Gasteiger partial charge in [0.25, 0.3) is 0 Å². The standard InChI is InChI=1S/C28H28F2N2.2ClH/c29-23-10-8-22(9-11-23)26-20-28(27-19-24(30)12-13-25(26)27)32-17-15-31(16-18-32)14-4-7-21-5-2-1-3-6-21;;/h1-13,19,26,28H,14-18,20H2;2*1H/b7-4+;;. The molecular weight excluding hydrogens is 473 g/mol. The minimum Gasteiger partial charge on any atom is -0.297 e. The van der Waals surface area contributed by atoms with Crippen molar-refractivity contribution in [3.63, 3.8) is 0 Å². The third-order valence-electron chi connectivity index (χ3n) is 6.84. The lowest BCUT2D eigenvalue weighted by Gasteiger charge is -2.38. The molecule has 0 spiro atoms. The number of hydrogen-bond donors (Lipinski definition) is 0. The van der Waals surface area contributed by atoms with Gasteiger partial charge in [0.05, 0.1) is 0 Å². The Bertz CT molecular complexity index is 1080. The molecule has 0 saturated carbocycles. The Kier molecular flexibility index (Phi) is 9.26. The molecule has 3 aromatic rings. The molecule has 1 aliphatic carbocycles. The normalized spacial score (nSPS) is 20.5. The van der Waals surface area contributed by atoms with E-state index in [4.69, 9.17) is 0 Å². The Labute approximate surface area is 213 Å². The van der Waals surface area contributed by atoms with E-state index in [1.807, 2.05) is 24.3 Å².